The van der Waals surface area contributed by atoms with E-state index in [1.165, 1.54) is 0 Å². The van der Waals surface area contributed by atoms with Crippen molar-refractivity contribution in [2.75, 3.05) is 13.2 Å². The largest absolute Gasteiger partial charge is 0.394 e. The molecule has 0 heterocycles. The van der Waals surface area contributed by atoms with Gasteiger partial charge >= 0.3 is 0 Å². The Balaban J connectivity index is 2.73. The summed E-state index contributed by atoms with van der Waals surface area (Å²) in [5, 5.41) is 20.3. The summed E-state index contributed by atoms with van der Waals surface area (Å²) in [5.74, 6) is -0.219. The summed E-state index contributed by atoms with van der Waals surface area (Å²) < 4.78 is 0. The topological polar surface area (TPSA) is 69.6 Å². The first-order valence-corrected chi connectivity index (χ1v) is 5.19. The average Bonchev–Trinajstić information content (AvgIpc) is 2.25. The van der Waals surface area contributed by atoms with Gasteiger partial charge in [-0.1, -0.05) is 18.2 Å². The van der Waals surface area contributed by atoms with Crippen molar-refractivity contribution in [3.63, 3.8) is 0 Å². The summed E-state index contributed by atoms with van der Waals surface area (Å²) in [4.78, 5) is 11.8. The lowest BCUT2D eigenvalue weighted by atomic mass is 10.0. The summed E-state index contributed by atoms with van der Waals surface area (Å²) in [5.41, 5.74) is 2.43. The number of hydrogen-bond acceptors (Lipinski definition) is 3. The van der Waals surface area contributed by atoms with E-state index in [4.69, 9.17) is 10.2 Å². The Morgan fingerprint density at radius 2 is 1.94 bits per heavy atom. The second-order valence-electron chi connectivity index (χ2n) is 3.81. The predicted octanol–water partition coefficient (Wildman–Crippen LogP) is 0.386. The van der Waals surface area contributed by atoms with E-state index in [1.807, 2.05) is 32.0 Å². The number of nitrogens with one attached hydrogen (secondary N) is 1. The minimum absolute atomic E-state index is 0.0586. The number of carbonyl (C=O) groups excluding carboxylic acids is 1. The van der Waals surface area contributed by atoms with Gasteiger partial charge in [-0.3, -0.25) is 4.79 Å². The van der Waals surface area contributed by atoms with E-state index in [9.17, 15) is 4.79 Å². The van der Waals surface area contributed by atoms with E-state index in [0.29, 0.717) is 5.56 Å². The summed E-state index contributed by atoms with van der Waals surface area (Å²) in [6, 6.07) is 5.62. The van der Waals surface area contributed by atoms with Crippen molar-refractivity contribution in [3.05, 3.63) is 34.9 Å². The van der Waals surface area contributed by atoms with Crippen LogP contribution in [-0.4, -0.2) is 35.4 Å². The normalized spacial score (nSPS) is 12.2. The van der Waals surface area contributed by atoms with Crippen LogP contribution in [-0.2, 0) is 0 Å². The molecule has 1 aromatic carbocycles. The van der Waals surface area contributed by atoms with E-state index in [0.717, 1.165) is 11.1 Å². The van der Waals surface area contributed by atoms with Crippen LogP contribution in [0.5, 0.6) is 0 Å². The zero-order chi connectivity index (χ0) is 12.1. The molecule has 1 aromatic rings. The van der Waals surface area contributed by atoms with Crippen LogP contribution in [0.2, 0.25) is 0 Å². The van der Waals surface area contributed by atoms with Crippen LogP contribution < -0.4 is 5.32 Å². The lowest BCUT2D eigenvalue weighted by Gasteiger charge is -2.12. The molecule has 4 nitrogen and oxygen atoms in total. The molecule has 0 fully saturated rings. The van der Waals surface area contributed by atoms with Crippen molar-refractivity contribution in [2.45, 2.75) is 20.0 Å². The van der Waals surface area contributed by atoms with Crippen LogP contribution in [0.4, 0.5) is 0 Å². The summed E-state index contributed by atoms with van der Waals surface area (Å²) >= 11 is 0. The molecule has 1 atom stereocenters. The van der Waals surface area contributed by atoms with E-state index < -0.39 is 6.10 Å². The van der Waals surface area contributed by atoms with Gasteiger partial charge in [0.25, 0.3) is 5.91 Å². The molecule has 0 aliphatic carbocycles. The molecule has 0 aliphatic rings. The Kier molecular flexibility index (Phi) is 4.46. The van der Waals surface area contributed by atoms with Gasteiger partial charge in [-0.25, -0.2) is 0 Å². The van der Waals surface area contributed by atoms with Crippen molar-refractivity contribution in [2.24, 2.45) is 0 Å². The van der Waals surface area contributed by atoms with Gasteiger partial charge < -0.3 is 15.5 Å². The number of carbonyl (C=O) groups is 1. The second kappa shape index (κ2) is 5.63. The molecule has 88 valence electrons. The molecule has 1 amide bonds. The highest BCUT2D eigenvalue weighted by molar-refractivity contribution is 5.97. The maximum absolute atomic E-state index is 11.8. The fourth-order valence-corrected chi connectivity index (χ4v) is 1.54. The first-order chi connectivity index (χ1) is 7.56. The Morgan fingerprint density at radius 1 is 1.38 bits per heavy atom. The zero-order valence-corrected chi connectivity index (χ0v) is 9.53. The number of aliphatic hydroxyl groups excluding tert-OH is 2. The van der Waals surface area contributed by atoms with E-state index >= 15 is 0 Å². The standard InChI is InChI=1S/C12H17NO3/c1-8-4-3-5-9(2)11(8)12(16)13-6-10(15)7-14/h3-5,10,14-15H,6-7H2,1-2H3,(H,13,16). The van der Waals surface area contributed by atoms with Crippen LogP contribution >= 0.6 is 0 Å². The van der Waals surface area contributed by atoms with Gasteiger partial charge in [0.2, 0.25) is 0 Å². The van der Waals surface area contributed by atoms with Crippen molar-refractivity contribution in [1.29, 1.82) is 0 Å². The van der Waals surface area contributed by atoms with Crippen LogP contribution in [0.15, 0.2) is 18.2 Å². The summed E-state index contributed by atoms with van der Waals surface area (Å²) in [6.45, 7) is 3.44. The number of aryl methyl sites for hydroxylation is 2. The third-order valence-corrected chi connectivity index (χ3v) is 2.42. The van der Waals surface area contributed by atoms with Crippen molar-refractivity contribution in [3.8, 4) is 0 Å². The highest BCUT2D eigenvalue weighted by Gasteiger charge is 2.12. The molecule has 4 heteroatoms. The first kappa shape index (κ1) is 12.7. The van der Waals surface area contributed by atoms with Gasteiger partial charge in [-0.15, -0.1) is 0 Å². The molecule has 0 bridgehead atoms. The molecule has 16 heavy (non-hydrogen) atoms. The second-order valence-corrected chi connectivity index (χ2v) is 3.81. The van der Waals surface area contributed by atoms with Gasteiger partial charge in [0.1, 0.15) is 0 Å². The Hall–Kier alpha value is -1.39. The monoisotopic (exact) mass is 223 g/mol. The molecule has 1 unspecified atom stereocenters. The number of aliphatic hydroxyl groups is 2. The lowest BCUT2D eigenvalue weighted by molar-refractivity contribution is 0.0801. The third kappa shape index (κ3) is 3.05. The molecule has 1 rings (SSSR count). The quantitative estimate of drug-likeness (QED) is 0.691. The number of rotatable bonds is 4. The number of hydrogen-bond donors (Lipinski definition) is 3. The molecule has 3 N–H and O–H groups in total. The smallest absolute Gasteiger partial charge is 0.251 e. The maximum atomic E-state index is 11.8. The van der Waals surface area contributed by atoms with E-state index in [1.54, 1.807) is 0 Å². The van der Waals surface area contributed by atoms with Crippen molar-refractivity contribution < 1.29 is 15.0 Å². The average molecular weight is 223 g/mol. The van der Waals surface area contributed by atoms with Gasteiger partial charge in [-0.05, 0) is 25.0 Å². The van der Waals surface area contributed by atoms with Gasteiger partial charge in [0, 0.05) is 12.1 Å². The van der Waals surface area contributed by atoms with Crippen LogP contribution in [0, 0.1) is 13.8 Å². The number of amides is 1. The van der Waals surface area contributed by atoms with E-state index in [2.05, 4.69) is 5.32 Å². The minimum atomic E-state index is -0.909. The van der Waals surface area contributed by atoms with Crippen LogP contribution in [0.3, 0.4) is 0 Å². The van der Waals surface area contributed by atoms with Gasteiger partial charge in [0.15, 0.2) is 0 Å². The zero-order valence-electron chi connectivity index (χ0n) is 9.53. The van der Waals surface area contributed by atoms with Crippen LogP contribution in [0.1, 0.15) is 21.5 Å². The highest BCUT2D eigenvalue weighted by atomic mass is 16.3. The fourth-order valence-electron chi connectivity index (χ4n) is 1.54. The molecule has 0 spiro atoms. The van der Waals surface area contributed by atoms with E-state index in [-0.39, 0.29) is 19.1 Å². The summed E-state index contributed by atoms with van der Waals surface area (Å²) in [7, 11) is 0. The maximum Gasteiger partial charge on any atom is 0.251 e. The molecule has 0 aliphatic heterocycles. The van der Waals surface area contributed by atoms with Gasteiger partial charge in [-0.2, -0.15) is 0 Å². The third-order valence-electron chi connectivity index (χ3n) is 2.42. The fraction of sp³-hybridized carbons (Fsp3) is 0.417. The predicted molar refractivity (Wildman–Crippen MR) is 61.3 cm³/mol. The molecular weight excluding hydrogens is 206 g/mol. The van der Waals surface area contributed by atoms with Crippen molar-refractivity contribution in [1.82, 2.24) is 5.32 Å². The Labute approximate surface area is 94.9 Å². The van der Waals surface area contributed by atoms with Gasteiger partial charge in [0.05, 0.1) is 12.7 Å². The summed E-state index contributed by atoms with van der Waals surface area (Å²) in [6.07, 6.45) is -0.909. The Morgan fingerprint density at radius 3 is 2.44 bits per heavy atom. The molecular formula is C12H17NO3. The first-order valence-electron chi connectivity index (χ1n) is 5.19. The Bertz CT molecular complexity index is 356. The minimum Gasteiger partial charge on any atom is -0.394 e. The molecule has 0 saturated heterocycles. The molecule has 0 radical (unpaired) electrons. The SMILES string of the molecule is Cc1cccc(C)c1C(=O)NCC(O)CO. The van der Waals surface area contributed by atoms with Crippen LogP contribution in [0.25, 0.3) is 0 Å². The highest BCUT2D eigenvalue weighted by Crippen LogP contribution is 2.12. The number of benzene rings is 1. The van der Waals surface area contributed by atoms with Crippen molar-refractivity contribution >= 4 is 5.91 Å². The molecule has 0 saturated carbocycles. The molecule has 0 aromatic heterocycles. The lowest BCUT2D eigenvalue weighted by Crippen LogP contribution is -2.34.